The molecule has 2 saturated carbocycles. The summed E-state index contributed by atoms with van der Waals surface area (Å²) in [5.74, 6) is 0.774. The molecule has 2 aliphatic carbocycles. The van der Waals surface area contributed by atoms with Gasteiger partial charge in [-0.3, -0.25) is 4.79 Å². The highest BCUT2D eigenvalue weighted by Gasteiger charge is 2.39. The van der Waals surface area contributed by atoms with Crippen molar-refractivity contribution < 1.29 is 18.7 Å². The fourth-order valence-corrected chi connectivity index (χ4v) is 4.99. The number of carbonyl (C=O) groups is 2. The Morgan fingerprint density at radius 3 is 2.25 bits per heavy atom. The first-order valence-corrected chi connectivity index (χ1v) is 12.0. The quantitative estimate of drug-likeness (QED) is 0.666. The maximum Gasteiger partial charge on any atom is 0.410 e. The van der Waals surface area contributed by atoms with Gasteiger partial charge < -0.3 is 19.0 Å². The highest BCUT2D eigenvalue weighted by molar-refractivity contribution is 5.95. The van der Waals surface area contributed by atoms with E-state index in [2.05, 4.69) is 9.88 Å². The van der Waals surface area contributed by atoms with Crippen LogP contribution in [0.3, 0.4) is 0 Å². The zero-order chi connectivity index (χ0) is 21.9. The molecule has 1 saturated heterocycles. The third-order valence-electron chi connectivity index (χ3n) is 6.96. The number of rotatable bonds is 5. The zero-order valence-electron chi connectivity index (χ0n) is 18.4. The van der Waals surface area contributed by atoms with E-state index in [0.29, 0.717) is 30.5 Å². The predicted molar refractivity (Wildman–Crippen MR) is 119 cm³/mol. The summed E-state index contributed by atoms with van der Waals surface area (Å²) >= 11 is 0. The number of ether oxygens (including phenoxy) is 1. The fraction of sp³-hybridized carbons (Fsp3) is 0.560. The maximum absolute atomic E-state index is 13.4. The summed E-state index contributed by atoms with van der Waals surface area (Å²) in [6.45, 7) is 1.30. The van der Waals surface area contributed by atoms with E-state index in [4.69, 9.17) is 9.15 Å². The molecule has 3 aliphatic rings. The molecule has 7 heteroatoms. The Balaban J connectivity index is 1.19. The molecule has 1 aromatic carbocycles. The zero-order valence-corrected chi connectivity index (χ0v) is 18.4. The van der Waals surface area contributed by atoms with E-state index in [0.717, 1.165) is 56.9 Å². The number of amides is 2. The van der Waals surface area contributed by atoms with Crippen LogP contribution in [0.25, 0.3) is 11.3 Å². The molecule has 0 atom stereocenters. The molecule has 2 amide bonds. The van der Waals surface area contributed by atoms with Gasteiger partial charge in [-0.1, -0.05) is 18.6 Å². The number of oxazole rings is 1. The summed E-state index contributed by atoms with van der Waals surface area (Å²) in [5.41, 5.74) is 1.60. The van der Waals surface area contributed by atoms with Crippen LogP contribution < -0.4 is 0 Å². The van der Waals surface area contributed by atoms with Gasteiger partial charge in [-0.2, -0.15) is 0 Å². The number of likely N-dealkylation sites (tertiary alicyclic amines) is 1. The number of piperidine rings is 1. The topological polar surface area (TPSA) is 75.9 Å². The Morgan fingerprint density at radius 1 is 0.938 bits per heavy atom. The Morgan fingerprint density at radius 2 is 1.62 bits per heavy atom. The molecule has 7 nitrogen and oxygen atoms in total. The first kappa shape index (κ1) is 21.0. The smallest absolute Gasteiger partial charge is 0.410 e. The molecule has 1 aromatic heterocycles. The van der Waals surface area contributed by atoms with Gasteiger partial charge in [0.25, 0.3) is 5.91 Å². The van der Waals surface area contributed by atoms with Crippen LogP contribution in [-0.2, 0) is 4.74 Å². The summed E-state index contributed by atoms with van der Waals surface area (Å²) < 4.78 is 11.1. The lowest BCUT2D eigenvalue weighted by molar-refractivity contribution is 0.0301. The molecular weight excluding hydrogens is 406 g/mol. The van der Waals surface area contributed by atoms with Crippen molar-refractivity contribution in [1.82, 2.24) is 14.8 Å². The molecule has 32 heavy (non-hydrogen) atoms. The molecule has 0 bridgehead atoms. The van der Waals surface area contributed by atoms with E-state index in [1.807, 2.05) is 29.2 Å². The summed E-state index contributed by atoms with van der Waals surface area (Å²) in [4.78, 5) is 33.8. The van der Waals surface area contributed by atoms with Gasteiger partial charge in [-0.25, -0.2) is 9.78 Å². The molecule has 3 fully saturated rings. The van der Waals surface area contributed by atoms with Crippen LogP contribution in [0.1, 0.15) is 68.1 Å². The lowest BCUT2D eigenvalue weighted by atomic mass is 9.98. The van der Waals surface area contributed by atoms with Gasteiger partial charge in [0.15, 0.2) is 12.2 Å². The van der Waals surface area contributed by atoms with Crippen LogP contribution in [-0.4, -0.2) is 58.1 Å². The number of nitrogens with zero attached hydrogens (tertiary/aromatic N) is 3. The van der Waals surface area contributed by atoms with Crippen LogP contribution in [0, 0.1) is 0 Å². The van der Waals surface area contributed by atoms with Gasteiger partial charge in [-0.05, 0) is 63.5 Å². The molecule has 1 aliphatic heterocycles. The van der Waals surface area contributed by atoms with Crippen molar-refractivity contribution in [3.05, 3.63) is 42.4 Å². The minimum atomic E-state index is -0.178. The fourth-order valence-electron chi connectivity index (χ4n) is 4.99. The van der Waals surface area contributed by atoms with Crippen LogP contribution in [0.4, 0.5) is 4.79 Å². The lowest BCUT2D eigenvalue weighted by Crippen LogP contribution is -2.50. The standard InChI is InChI=1S/C25H31N3O4/c29-24(19-8-6-18(7-9-19)23-16-26-17-31-23)28(20-10-11-20)21-12-14-27(15-13-21)25(30)32-22-4-2-1-3-5-22/h6-9,16-17,20-22H,1-5,10-15H2. The molecule has 0 N–H and O–H groups in total. The van der Waals surface area contributed by atoms with Crippen molar-refractivity contribution in [3.63, 3.8) is 0 Å². The number of aromatic nitrogens is 1. The lowest BCUT2D eigenvalue weighted by Gasteiger charge is -2.39. The summed E-state index contributed by atoms with van der Waals surface area (Å²) in [7, 11) is 0. The molecule has 0 unspecified atom stereocenters. The molecular formula is C25H31N3O4. The minimum absolute atomic E-state index is 0.0819. The van der Waals surface area contributed by atoms with Gasteiger partial charge in [-0.15, -0.1) is 0 Å². The van der Waals surface area contributed by atoms with E-state index in [1.54, 1.807) is 6.20 Å². The van der Waals surface area contributed by atoms with Crippen molar-refractivity contribution in [1.29, 1.82) is 0 Å². The van der Waals surface area contributed by atoms with Crippen LogP contribution in [0.5, 0.6) is 0 Å². The second kappa shape index (κ2) is 9.35. The summed E-state index contributed by atoms with van der Waals surface area (Å²) in [5, 5.41) is 0. The van der Waals surface area contributed by atoms with Gasteiger partial charge >= 0.3 is 6.09 Å². The molecule has 2 aromatic rings. The van der Waals surface area contributed by atoms with Crippen molar-refractivity contribution >= 4 is 12.0 Å². The van der Waals surface area contributed by atoms with Gasteiger partial charge in [0.2, 0.25) is 0 Å². The maximum atomic E-state index is 13.4. The molecule has 5 rings (SSSR count). The highest BCUT2D eigenvalue weighted by atomic mass is 16.6. The average Bonchev–Trinajstić information content (AvgIpc) is 3.51. The van der Waals surface area contributed by atoms with E-state index >= 15 is 0 Å². The second-order valence-corrected chi connectivity index (χ2v) is 9.25. The summed E-state index contributed by atoms with van der Waals surface area (Å²) in [6.07, 6.45) is 12.2. The third kappa shape index (κ3) is 4.66. The van der Waals surface area contributed by atoms with Gasteiger partial charge in [0, 0.05) is 36.3 Å². The van der Waals surface area contributed by atoms with Crippen LogP contribution in [0.2, 0.25) is 0 Å². The van der Waals surface area contributed by atoms with Crippen molar-refractivity contribution in [2.24, 2.45) is 0 Å². The van der Waals surface area contributed by atoms with Crippen LogP contribution >= 0.6 is 0 Å². The average molecular weight is 438 g/mol. The Hall–Kier alpha value is -2.83. The van der Waals surface area contributed by atoms with E-state index in [-0.39, 0.29) is 24.1 Å². The Kier molecular flexibility index (Phi) is 6.14. The van der Waals surface area contributed by atoms with E-state index in [1.165, 1.54) is 12.8 Å². The van der Waals surface area contributed by atoms with Gasteiger partial charge in [0.1, 0.15) is 6.10 Å². The minimum Gasteiger partial charge on any atom is -0.446 e. The molecule has 2 heterocycles. The summed E-state index contributed by atoms with van der Waals surface area (Å²) in [6, 6.07) is 8.04. The van der Waals surface area contributed by atoms with Crippen LogP contribution in [0.15, 0.2) is 41.3 Å². The Bertz CT molecular complexity index is 909. The first-order valence-electron chi connectivity index (χ1n) is 12.0. The largest absolute Gasteiger partial charge is 0.446 e. The molecule has 0 radical (unpaired) electrons. The van der Waals surface area contributed by atoms with Crippen molar-refractivity contribution in [2.45, 2.75) is 76.0 Å². The predicted octanol–water partition coefficient (Wildman–Crippen LogP) is 4.88. The normalized spacial score (nSPS) is 20.2. The first-order chi connectivity index (χ1) is 15.7. The Labute approximate surface area is 188 Å². The highest BCUT2D eigenvalue weighted by Crippen LogP contribution is 2.34. The number of benzene rings is 1. The number of carbonyl (C=O) groups excluding carboxylic acids is 2. The molecule has 170 valence electrons. The number of hydrogen-bond acceptors (Lipinski definition) is 5. The SMILES string of the molecule is O=C(OC1CCCCC1)N1CCC(N(C(=O)c2ccc(-c3cnco3)cc2)C2CC2)CC1. The monoisotopic (exact) mass is 437 g/mol. The van der Waals surface area contributed by atoms with Crippen molar-refractivity contribution in [2.75, 3.05) is 13.1 Å². The van der Waals surface area contributed by atoms with E-state index in [9.17, 15) is 9.59 Å². The van der Waals surface area contributed by atoms with E-state index < -0.39 is 0 Å². The molecule has 0 spiro atoms. The van der Waals surface area contributed by atoms with Gasteiger partial charge in [0.05, 0.1) is 6.20 Å². The van der Waals surface area contributed by atoms with Crippen molar-refractivity contribution in [3.8, 4) is 11.3 Å². The third-order valence-corrected chi connectivity index (χ3v) is 6.96. The number of hydrogen-bond donors (Lipinski definition) is 0. The second-order valence-electron chi connectivity index (χ2n) is 9.25.